The van der Waals surface area contributed by atoms with Gasteiger partial charge >= 0.3 is 0 Å². The molecule has 112 valence electrons. The SMILES string of the molecule is Cn1cc(/C=C2\C(=O)NN=C2c2cnccn2)c2ccccc21. The van der Waals surface area contributed by atoms with E-state index in [1.54, 1.807) is 18.6 Å². The van der Waals surface area contributed by atoms with Crippen molar-refractivity contribution >= 4 is 28.6 Å². The number of hydrogen-bond donors (Lipinski definition) is 1. The molecule has 3 heterocycles. The van der Waals surface area contributed by atoms with Crippen molar-refractivity contribution in [1.82, 2.24) is 20.0 Å². The van der Waals surface area contributed by atoms with Crippen LogP contribution in [0.2, 0.25) is 0 Å². The quantitative estimate of drug-likeness (QED) is 0.735. The Morgan fingerprint density at radius 2 is 2.09 bits per heavy atom. The molecule has 23 heavy (non-hydrogen) atoms. The molecule has 0 atom stereocenters. The van der Waals surface area contributed by atoms with Crippen molar-refractivity contribution in [2.45, 2.75) is 0 Å². The van der Waals surface area contributed by atoms with Gasteiger partial charge in [-0.1, -0.05) is 18.2 Å². The summed E-state index contributed by atoms with van der Waals surface area (Å²) in [6.45, 7) is 0. The molecule has 1 aromatic carbocycles. The van der Waals surface area contributed by atoms with E-state index >= 15 is 0 Å². The van der Waals surface area contributed by atoms with Gasteiger partial charge in [0.25, 0.3) is 5.91 Å². The van der Waals surface area contributed by atoms with Crippen LogP contribution in [0.1, 0.15) is 11.3 Å². The first-order valence-corrected chi connectivity index (χ1v) is 7.14. The number of nitrogens with zero attached hydrogens (tertiary/aromatic N) is 4. The van der Waals surface area contributed by atoms with Gasteiger partial charge in [0, 0.05) is 42.1 Å². The lowest BCUT2D eigenvalue weighted by Gasteiger charge is -2.00. The van der Waals surface area contributed by atoms with Crippen molar-refractivity contribution in [3.05, 3.63) is 65.9 Å². The Morgan fingerprint density at radius 1 is 1.22 bits per heavy atom. The molecule has 1 aliphatic heterocycles. The second-order valence-electron chi connectivity index (χ2n) is 5.26. The van der Waals surface area contributed by atoms with Crippen molar-refractivity contribution in [1.29, 1.82) is 0 Å². The molecule has 0 spiro atoms. The van der Waals surface area contributed by atoms with Gasteiger partial charge in [-0.3, -0.25) is 14.8 Å². The number of rotatable bonds is 2. The van der Waals surface area contributed by atoms with Crippen LogP contribution < -0.4 is 5.43 Å². The number of nitrogens with one attached hydrogen (secondary N) is 1. The number of hydrazone groups is 1. The maximum absolute atomic E-state index is 12.2. The summed E-state index contributed by atoms with van der Waals surface area (Å²) >= 11 is 0. The fourth-order valence-corrected chi connectivity index (χ4v) is 2.73. The van der Waals surface area contributed by atoms with Crippen LogP contribution in [0.3, 0.4) is 0 Å². The van der Waals surface area contributed by atoms with Crippen molar-refractivity contribution in [3.8, 4) is 0 Å². The lowest BCUT2D eigenvalue weighted by Crippen LogP contribution is -2.14. The summed E-state index contributed by atoms with van der Waals surface area (Å²) in [6.07, 6.45) is 8.60. The van der Waals surface area contributed by atoms with Crippen LogP contribution in [0.5, 0.6) is 0 Å². The van der Waals surface area contributed by atoms with Crippen LogP contribution in [0.4, 0.5) is 0 Å². The maximum Gasteiger partial charge on any atom is 0.273 e. The summed E-state index contributed by atoms with van der Waals surface area (Å²) in [5.74, 6) is -0.237. The molecule has 3 aromatic rings. The standard InChI is InChI=1S/C17H13N5O/c1-22-10-11(12-4-2-3-5-15(12)22)8-13-16(20-21-17(13)23)14-9-18-6-7-19-14/h2-10H,1H3,(H,21,23)/b13-8-. The number of amides is 1. The average molecular weight is 303 g/mol. The molecule has 0 unspecified atom stereocenters. The second kappa shape index (κ2) is 5.17. The fourth-order valence-electron chi connectivity index (χ4n) is 2.73. The van der Waals surface area contributed by atoms with E-state index in [0.717, 1.165) is 16.5 Å². The van der Waals surface area contributed by atoms with Crippen LogP contribution in [-0.4, -0.2) is 26.2 Å². The van der Waals surface area contributed by atoms with Crippen LogP contribution in [0, 0.1) is 0 Å². The highest BCUT2D eigenvalue weighted by Crippen LogP contribution is 2.24. The molecule has 4 rings (SSSR count). The van der Waals surface area contributed by atoms with Gasteiger partial charge in [0.2, 0.25) is 0 Å². The molecule has 0 radical (unpaired) electrons. The van der Waals surface area contributed by atoms with E-state index in [0.29, 0.717) is 17.0 Å². The molecule has 0 bridgehead atoms. The minimum Gasteiger partial charge on any atom is -0.350 e. The molecule has 6 heteroatoms. The van der Waals surface area contributed by atoms with Crippen LogP contribution in [0.25, 0.3) is 17.0 Å². The van der Waals surface area contributed by atoms with Gasteiger partial charge in [-0.05, 0) is 12.1 Å². The van der Waals surface area contributed by atoms with Gasteiger partial charge in [-0.15, -0.1) is 0 Å². The van der Waals surface area contributed by atoms with Gasteiger partial charge in [-0.2, -0.15) is 5.10 Å². The highest BCUT2D eigenvalue weighted by molar-refractivity contribution is 6.32. The van der Waals surface area contributed by atoms with Crippen molar-refractivity contribution in [2.75, 3.05) is 0 Å². The largest absolute Gasteiger partial charge is 0.350 e. The molecular weight excluding hydrogens is 290 g/mol. The monoisotopic (exact) mass is 303 g/mol. The predicted octanol–water partition coefficient (Wildman–Crippen LogP) is 1.89. The van der Waals surface area contributed by atoms with Gasteiger partial charge in [-0.25, -0.2) is 5.43 Å². The zero-order valence-electron chi connectivity index (χ0n) is 12.4. The maximum atomic E-state index is 12.2. The zero-order chi connectivity index (χ0) is 15.8. The molecule has 2 aromatic heterocycles. The van der Waals surface area contributed by atoms with Crippen LogP contribution in [-0.2, 0) is 11.8 Å². The van der Waals surface area contributed by atoms with E-state index < -0.39 is 0 Å². The number of aromatic nitrogens is 3. The molecular formula is C17H13N5O. The lowest BCUT2D eigenvalue weighted by molar-refractivity contribution is -0.116. The Balaban J connectivity index is 1.86. The first kappa shape index (κ1) is 13.4. The second-order valence-corrected chi connectivity index (χ2v) is 5.26. The average Bonchev–Trinajstić information content (AvgIpc) is 3.11. The molecule has 1 N–H and O–H groups in total. The number of para-hydroxylation sites is 1. The number of hydrogen-bond acceptors (Lipinski definition) is 4. The van der Waals surface area contributed by atoms with E-state index in [4.69, 9.17) is 0 Å². The molecule has 0 fully saturated rings. The number of fused-ring (bicyclic) bond motifs is 1. The fraction of sp³-hybridized carbons (Fsp3) is 0.0588. The third-order valence-corrected chi connectivity index (χ3v) is 3.80. The molecule has 0 aliphatic carbocycles. The number of carbonyl (C=O) groups excluding carboxylic acids is 1. The van der Waals surface area contributed by atoms with Gasteiger partial charge in [0.1, 0.15) is 11.4 Å². The summed E-state index contributed by atoms with van der Waals surface area (Å²) < 4.78 is 2.04. The number of aryl methyl sites for hydroxylation is 1. The zero-order valence-corrected chi connectivity index (χ0v) is 12.4. The summed E-state index contributed by atoms with van der Waals surface area (Å²) in [7, 11) is 1.98. The first-order valence-electron chi connectivity index (χ1n) is 7.14. The normalized spacial score (nSPS) is 16.0. The van der Waals surface area contributed by atoms with Crippen LogP contribution >= 0.6 is 0 Å². The van der Waals surface area contributed by atoms with E-state index in [1.165, 1.54) is 0 Å². The van der Waals surface area contributed by atoms with E-state index in [9.17, 15) is 4.79 Å². The Labute approximate surface area is 132 Å². The Kier molecular flexibility index (Phi) is 3.01. The molecule has 0 saturated carbocycles. The minimum absolute atomic E-state index is 0.237. The summed E-state index contributed by atoms with van der Waals surface area (Å²) in [4.78, 5) is 20.4. The van der Waals surface area contributed by atoms with E-state index in [2.05, 4.69) is 20.5 Å². The Hall–Kier alpha value is -3.28. The van der Waals surface area contributed by atoms with Crippen LogP contribution in [0.15, 0.2) is 59.7 Å². The van der Waals surface area contributed by atoms with Gasteiger partial charge in [0.15, 0.2) is 0 Å². The summed E-state index contributed by atoms with van der Waals surface area (Å²) in [5, 5.41) is 5.17. The molecule has 6 nitrogen and oxygen atoms in total. The first-order chi connectivity index (χ1) is 11.2. The third kappa shape index (κ3) is 2.20. The molecule has 1 amide bonds. The van der Waals surface area contributed by atoms with Crippen molar-refractivity contribution in [2.24, 2.45) is 12.1 Å². The van der Waals surface area contributed by atoms with Gasteiger partial charge in [0.05, 0.1) is 11.8 Å². The molecule has 1 aliphatic rings. The van der Waals surface area contributed by atoms with Crippen molar-refractivity contribution in [3.63, 3.8) is 0 Å². The lowest BCUT2D eigenvalue weighted by atomic mass is 10.0. The van der Waals surface area contributed by atoms with E-state index in [1.807, 2.05) is 48.2 Å². The van der Waals surface area contributed by atoms with E-state index in [-0.39, 0.29) is 5.91 Å². The summed E-state index contributed by atoms with van der Waals surface area (Å²) in [5.41, 5.74) is 6.14. The highest BCUT2D eigenvalue weighted by atomic mass is 16.2. The summed E-state index contributed by atoms with van der Waals surface area (Å²) in [6, 6.07) is 8.06. The third-order valence-electron chi connectivity index (χ3n) is 3.80. The Bertz CT molecular complexity index is 969. The number of benzene rings is 1. The predicted molar refractivity (Wildman–Crippen MR) is 87.6 cm³/mol. The van der Waals surface area contributed by atoms with Gasteiger partial charge < -0.3 is 4.57 Å². The highest BCUT2D eigenvalue weighted by Gasteiger charge is 2.25. The molecule has 0 saturated heterocycles. The number of carbonyl (C=O) groups is 1. The topological polar surface area (TPSA) is 72.2 Å². The minimum atomic E-state index is -0.237. The Morgan fingerprint density at radius 3 is 2.91 bits per heavy atom. The smallest absolute Gasteiger partial charge is 0.273 e. The van der Waals surface area contributed by atoms with Crippen molar-refractivity contribution < 1.29 is 4.79 Å².